The second-order valence-corrected chi connectivity index (χ2v) is 8.32. The van der Waals surface area contributed by atoms with Crippen LogP contribution in [0.3, 0.4) is 0 Å². The van der Waals surface area contributed by atoms with Gasteiger partial charge in [-0.2, -0.15) is 5.10 Å². The zero-order chi connectivity index (χ0) is 20.9. The summed E-state index contributed by atoms with van der Waals surface area (Å²) in [6, 6.07) is 6.59. The maximum absolute atomic E-state index is 4.97. The second-order valence-electron chi connectivity index (χ2n) is 8.32. The highest BCUT2D eigenvalue weighted by Crippen LogP contribution is 2.23. The molecular formula is C24H35IN6. The molecular weight excluding hydrogens is 499 g/mol. The van der Waals surface area contributed by atoms with Gasteiger partial charge in [-0.1, -0.05) is 25.1 Å². The van der Waals surface area contributed by atoms with E-state index in [-0.39, 0.29) is 24.0 Å². The van der Waals surface area contributed by atoms with E-state index in [2.05, 4.69) is 64.7 Å². The lowest BCUT2D eigenvalue weighted by Gasteiger charge is -2.21. The number of aromatic amines is 1. The van der Waals surface area contributed by atoms with E-state index in [0.29, 0.717) is 5.92 Å². The van der Waals surface area contributed by atoms with Crippen LogP contribution in [-0.2, 0) is 26.3 Å². The largest absolute Gasteiger partial charge is 0.361 e. The fourth-order valence-electron chi connectivity index (χ4n) is 4.59. The minimum Gasteiger partial charge on any atom is -0.361 e. The summed E-state index contributed by atoms with van der Waals surface area (Å²) in [4.78, 5) is 10.9. The van der Waals surface area contributed by atoms with Crippen LogP contribution in [0.2, 0.25) is 0 Å². The fourth-order valence-corrected chi connectivity index (χ4v) is 4.59. The number of para-hydroxylation sites is 1. The molecule has 1 saturated heterocycles. The molecule has 3 aromatic rings. The first-order valence-corrected chi connectivity index (χ1v) is 11.3. The van der Waals surface area contributed by atoms with Gasteiger partial charge in [0.2, 0.25) is 0 Å². The third kappa shape index (κ3) is 5.61. The van der Waals surface area contributed by atoms with Crippen molar-refractivity contribution in [2.75, 3.05) is 26.2 Å². The molecule has 0 bridgehead atoms. The molecule has 1 atom stereocenters. The van der Waals surface area contributed by atoms with E-state index in [9.17, 15) is 0 Å². The Labute approximate surface area is 202 Å². The van der Waals surface area contributed by atoms with Gasteiger partial charge in [0.25, 0.3) is 0 Å². The summed E-state index contributed by atoms with van der Waals surface area (Å²) in [6.07, 6.45) is 10.6. The molecule has 0 amide bonds. The van der Waals surface area contributed by atoms with Crippen LogP contribution in [0.1, 0.15) is 37.0 Å². The third-order valence-electron chi connectivity index (χ3n) is 6.11. The van der Waals surface area contributed by atoms with Gasteiger partial charge in [0.05, 0.1) is 6.20 Å². The lowest BCUT2D eigenvalue weighted by Crippen LogP contribution is -2.40. The number of hydrogen-bond donors (Lipinski definition) is 2. The van der Waals surface area contributed by atoms with Crippen molar-refractivity contribution < 1.29 is 0 Å². The quantitative estimate of drug-likeness (QED) is 0.272. The first kappa shape index (κ1) is 23.6. The van der Waals surface area contributed by atoms with E-state index in [4.69, 9.17) is 4.99 Å². The number of aryl methyl sites for hydroxylation is 2. The van der Waals surface area contributed by atoms with Crippen molar-refractivity contribution in [2.45, 2.75) is 39.5 Å². The predicted octanol–water partition coefficient (Wildman–Crippen LogP) is 4.15. The van der Waals surface area contributed by atoms with Crippen molar-refractivity contribution in [3.63, 3.8) is 0 Å². The minimum absolute atomic E-state index is 0. The molecule has 6 nitrogen and oxygen atoms in total. The smallest absolute Gasteiger partial charge is 0.193 e. The van der Waals surface area contributed by atoms with E-state index >= 15 is 0 Å². The van der Waals surface area contributed by atoms with Crippen LogP contribution in [0.4, 0.5) is 0 Å². The van der Waals surface area contributed by atoms with Crippen molar-refractivity contribution in [3.8, 4) is 0 Å². The summed E-state index contributed by atoms with van der Waals surface area (Å²) in [7, 11) is 1.98. The van der Waals surface area contributed by atoms with E-state index < -0.39 is 0 Å². The summed E-state index contributed by atoms with van der Waals surface area (Å²) in [5, 5.41) is 9.14. The van der Waals surface area contributed by atoms with Crippen LogP contribution < -0.4 is 5.32 Å². The summed E-state index contributed by atoms with van der Waals surface area (Å²) >= 11 is 0. The van der Waals surface area contributed by atoms with E-state index in [0.717, 1.165) is 51.4 Å². The topological polar surface area (TPSA) is 61.2 Å². The van der Waals surface area contributed by atoms with Crippen LogP contribution in [0, 0.1) is 5.92 Å². The number of benzene rings is 1. The number of likely N-dealkylation sites (tertiary alicyclic amines) is 1. The number of fused-ring (bicyclic) bond motifs is 1. The SMILES string of the molecule is CCNC(=NCCc1c[nH]c2c(CC)cccc12)N1CCC(Cc2cnn(C)c2)C1.I. The van der Waals surface area contributed by atoms with Crippen molar-refractivity contribution >= 4 is 40.8 Å². The lowest BCUT2D eigenvalue weighted by atomic mass is 10.0. The number of guanidine groups is 1. The van der Waals surface area contributed by atoms with Crippen molar-refractivity contribution in [3.05, 3.63) is 53.5 Å². The van der Waals surface area contributed by atoms with E-state index in [1.807, 2.05) is 17.9 Å². The van der Waals surface area contributed by atoms with Crippen LogP contribution in [0.5, 0.6) is 0 Å². The maximum atomic E-state index is 4.97. The average molecular weight is 534 g/mol. The highest BCUT2D eigenvalue weighted by Gasteiger charge is 2.25. The molecule has 0 aliphatic carbocycles. The molecule has 31 heavy (non-hydrogen) atoms. The predicted molar refractivity (Wildman–Crippen MR) is 139 cm³/mol. The van der Waals surface area contributed by atoms with Crippen molar-refractivity contribution in [1.29, 1.82) is 0 Å². The van der Waals surface area contributed by atoms with Gasteiger partial charge in [-0.05, 0) is 55.2 Å². The number of aliphatic imine (C=N–C) groups is 1. The van der Waals surface area contributed by atoms with Gasteiger partial charge in [-0.25, -0.2) is 0 Å². The van der Waals surface area contributed by atoms with Gasteiger partial charge in [0.1, 0.15) is 0 Å². The number of rotatable bonds is 7. The Bertz CT molecular complexity index is 1000. The number of nitrogens with one attached hydrogen (secondary N) is 2. The first-order valence-electron chi connectivity index (χ1n) is 11.3. The molecule has 2 N–H and O–H groups in total. The van der Waals surface area contributed by atoms with Crippen LogP contribution in [0.25, 0.3) is 10.9 Å². The second kappa shape index (κ2) is 11.0. The van der Waals surface area contributed by atoms with Crippen molar-refractivity contribution in [1.82, 2.24) is 25.0 Å². The molecule has 0 radical (unpaired) electrons. The molecule has 7 heteroatoms. The summed E-state index contributed by atoms with van der Waals surface area (Å²) < 4.78 is 1.89. The number of halogens is 1. The molecule has 4 rings (SSSR count). The van der Waals surface area contributed by atoms with Crippen LogP contribution in [-0.4, -0.2) is 51.8 Å². The molecule has 1 aromatic carbocycles. The van der Waals surface area contributed by atoms with Gasteiger partial charge in [-0.15, -0.1) is 24.0 Å². The number of H-pyrrole nitrogens is 1. The minimum atomic E-state index is 0. The molecule has 0 saturated carbocycles. The Morgan fingerprint density at radius 1 is 1.29 bits per heavy atom. The zero-order valence-electron chi connectivity index (χ0n) is 18.9. The Morgan fingerprint density at radius 2 is 2.16 bits per heavy atom. The molecule has 3 heterocycles. The van der Waals surface area contributed by atoms with Crippen LogP contribution in [0.15, 0.2) is 41.8 Å². The van der Waals surface area contributed by atoms with Gasteiger partial charge >= 0.3 is 0 Å². The van der Waals surface area contributed by atoms with E-state index in [1.165, 1.54) is 34.0 Å². The fraction of sp³-hybridized carbons (Fsp3) is 0.500. The monoisotopic (exact) mass is 534 g/mol. The zero-order valence-corrected chi connectivity index (χ0v) is 21.2. The summed E-state index contributed by atoms with van der Waals surface area (Å²) in [6.45, 7) is 8.19. The lowest BCUT2D eigenvalue weighted by molar-refractivity contribution is 0.460. The standard InChI is InChI=1S/C24H34N6.HI/c1-4-20-7-6-8-22-21(15-27-23(20)22)9-11-26-24(25-5-2)30-12-10-18(17-30)13-19-14-28-29(3)16-19;/h6-8,14-16,18,27H,4-5,9-13,17H2,1-3H3,(H,25,26);1H. The van der Waals surface area contributed by atoms with Gasteiger partial charge in [0, 0.05) is 56.5 Å². The summed E-state index contributed by atoms with van der Waals surface area (Å²) in [5.74, 6) is 1.72. The Balaban J connectivity index is 0.00000272. The molecule has 1 fully saturated rings. The Morgan fingerprint density at radius 3 is 2.90 bits per heavy atom. The number of nitrogens with zero attached hydrogens (tertiary/aromatic N) is 4. The van der Waals surface area contributed by atoms with Gasteiger partial charge in [-0.3, -0.25) is 9.67 Å². The maximum Gasteiger partial charge on any atom is 0.193 e. The molecule has 0 spiro atoms. The Kier molecular flexibility index (Phi) is 8.40. The number of aromatic nitrogens is 3. The molecule has 1 aliphatic rings. The van der Waals surface area contributed by atoms with E-state index in [1.54, 1.807) is 0 Å². The highest BCUT2D eigenvalue weighted by molar-refractivity contribution is 14.0. The average Bonchev–Trinajstić information content (AvgIpc) is 3.48. The molecule has 168 valence electrons. The number of hydrogen-bond acceptors (Lipinski definition) is 2. The van der Waals surface area contributed by atoms with Gasteiger partial charge in [0.15, 0.2) is 5.96 Å². The third-order valence-corrected chi connectivity index (χ3v) is 6.11. The van der Waals surface area contributed by atoms with Gasteiger partial charge < -0.3 is 15.2 Å². The Hall–Kier alpha value is -2.03. The highest BCUT2D eigenvalue weighted by atomic mass is 127. The molecule has 1 unspecified atom stereocenters. The summed E-state index contributed by atoms with van der Waals surface area (Å²) in [5.41, 5.74) is 5.35. The van der Waals surface area contributed by atoms with Crippen LogP contribution >= 0.6 is 24.0 Å². The molecule has 2 aromatic heterocycles. The molecule has 1 aliphatic heterocycles. The normalized spacial score (nSPS) is 16.7. The first-order chi connectivity index (χ1) is 14.7. The van der Waals surface area contributed by atoms with Crippen molar-refractivity contribution in [2.24, 2.45) is 18.0 Å².